The molecule has 0 fully saturated rings. The topological polar surface area (TPSA) is 85.9 Å². The molecule has 3 N–H and O–H groups in total. The molecular weight excluding hydrogens is 502 g/mol. The Morgan fingerprint density at radius 2 is 1.66 bits per heavy atom. The van der Waals surface area contributed by atoms with Gasteiger partial charge in [-0.05, 0) is 41.8 Å². The molecule has 29 heavy (non-hydrogen) atoms. The Balaban J connectivity index is 0.00000420. The summed E-state index contributed by atoms with van der Waals surface area (Å²) in [6.07, 6.45) is -4.05. The van der Waals surface area contributed by atoms with Crippen LogP contribution >= 0.6 is 24.0 Å². The molecule has 0 aromatic heterocycles. The van der Waals surface area contributed by atoms with Crippen molar-refractivity contribution in [1.82, 2.24) is 5.32 Å². The number of alkyl halides is 3. The van der Waals surface area contributed by atoms with Crippen molar-refractivity contribution in [3.63, 3.8) is 0 Å². The first kappa shape index (κ1) is 24.5. The molecule has 0 saturated carbocycles. The Morgan fingerprint density at radius 3 is 2.21 bits per heavy atom. The zero-order chi connectivity index (χ0) is 20.6. The van der Waals surface area contributed by atoms with Crippen LogP contribution in [0.25, 0.3) is 0 Å². The second-order valence-electron chi connectivity index (χ2n) is 5.76. The van der Waals surface area contributed by atoms with Crippen LogP contribution in [0, 0.1) is 0 Å². The number of ether oxygens (including phenoxy) is 2. The fourth-order valence-electron chi connectivity index (χ4n) is 2.29. The van der Waals surface area contributed by atoms with Crippen LogP contribution in [-0.4, -0.2) is 31.9 Å². The average Bonchev–Trinajstić information content (AvgIpc) is 2.66. The summed E-state index contributed by atoms with van der Waals surface area (Å²) in [5, 5.41) is 2.96. The number of carbonyl (C=O) groups excluding carboxylic acids is 1. The molecule has 0 spiro atoms. The Labute approximate surface area is 183 Å². The lowest BCUT2D eigenvalue weighted by atomic mass is 10.1. The van der Waals surface area contributed by atoms with E-state index in [0.717, 1.165) is 5.56 Å². The molecule has 6 nitrogen and oxygen atoms in total. The third-order valence-electron chi connectivity index (χ3n) is 3.68. The van der Waals surface area contributed by atoms with Gasteiger partial charge in [0.25, 0.3) is 0 Å². The van der Waals surface area contributed by atoms with Crippen LogP contribution in [0.2, 0.25) is 0 Å². The standard InChI is InChI=1S/C19H20F3N3O3.HI/c1-27-17(26)15-6-2-13(3-7-15)10-11-24-18(23)25-12-14-4-8-16(9-5-14)28-19(20,21)22;/h2-9H,10-12H2,1H3,(H3,23,24,25);1H. The molecule has 0 saturated heterocycles. The maximum Gasteiger partial charge on any atom is 0.573 e. The fraction of sp³-hybridized carbons (Fsp3) is 0.263. The molecule has 0 aliphatic rings. The van der Waals surface area contributed by atoms with E-state index in [2.05, 4.69) is 19.8 Å². The number of guanidine groups is 1. The number of nitrogens with two attached hydrogens (primary N) is 1. The normalized spacial score (nSPS) is 11.4. The van der Waals surface area contributed by atoms with Crippen LogP contribution in [0.5, 0.6) is 5.75 Å². The summed E-state index contributed by atoms with van der Waals surface area (Å²) in [4.78, 5) is 15.5. The van der Waals surface area contributed by atoms with E-state index in [4.69, 9.17) is 5.73 Å². The summed E-state index contributed by atoms with van der Waals surface area (Å²) >= 11 is 0. The summed E-state index contributed by atoms with van der Waals surface area (Å²) < 4.78 is 44.8. The Morgan fingerprint density at radius 1 is 1.07 bits per heavy atom. The Kier molecular flexibility index (Phi) is 9.72. The molecule has 2 rings (SSSR count). The van der Waals surface area contributed by atoms with Crippen molar-refractivity contribution in [2.24, 2.45) is 10.7 Å². The maximum absolute atomic E-state index is 12.1. The second kappa shape index (κ2) is 11.5. The lowest BCUT2D eigenvalue weighted by molar-refractivity contribution is -0.274. The lowest BCUT2D eigenvalue weighted by Crippen LogP contribution is -2.33. The molecule has 0 bridgehead atoms. The van der Waals surface area contributed by atoms with E-state index in [0.29, 0.717) is 24.1 Å². The average molecular weight is 523 g/mol. The highest BCUT2D eigenvalue weighted by Crippen LogP contribution is 2.22. The van der Waals surface area contributed by atoms with Gasteiger partial charge in [0.2, 0.25) is 0 Å². The van der Waals surface area contributed by atoms with Crippen LogP contribution < -0.4 is 15.8 Å². The first-order chi connectivity index (χ1) is 13.3. The largest absolute Gasteiger partial charge is 0.573 e. The number of halogens is 4. The number of methoxy groups -OCH3 is 1. The zero-order valence-corrected chi connectivity index (χ0v) is 17.9. The van der Waals surface area contributed by atoms with E-state index >= 15 is 0 Å². The van der Waals surface area contributed by atoms with Crippen molar-refractivity contribution in [2.75, 3.05) is 13.7 Å². The minimum absolute atomic E-state index is 0. The molecule has 0 atom stereocenters. The van der Waals surface area contributed by atoms with Gasteiger partial charge < -0.3 is 20.5 Å². The number of carbonyl (C=O) groups is 1. The van der Waals surface area contributed by atoms with Crippen LogP contribution in [0.4, 0.5) is 13.2 Å². The third-order valence-corrected chi connectivity index (χ3v) is 3.68. The van der Waals surface area contributed by atoms with Crippen LogP contribution in [0.15, 0.2) is 53.5 Å². The van der Waals surface area contributed by atoms with Crippen molar-refractivity contribution in [1.29, 1.82) is 0 Å². The van der Waals surface area contributed by atoms with Gasteiger partial charge in [0.05, 0.1) is 19.2 Å². The molecule has 0 heterocycles. The molecular formula is C19H21F3IN3O3. The molecule has 0 aliphatic carbocycles. The smallest absolute Gasteiger partial charge is 0.465 e. The first-order valence-electron chi connectivity index (χ1n) is 8.32. The second-order valence-corrected chi connectivity index (χ2v) is 5.76. The van der Waals surface area contributed by atoms with Crippen LogP contribution in [0.1, 0.15) is 21.5 Å². The highest BCUT2D eigenvalue weighted by Gasteiger charge is 2.30. The highest BCUT2D eigenvalue weighted by molar-refractivity contribution is 14.0. The monoisotopic (exact) mass is 523 g/mol. The predicted octanol–water partition coefficient (Wildman–Crippen LogP) is 3.64. The van der Waals surface area contributed by atoms with Crippen molar-refractivity contribution >= 4 is 35.9 Å². The van der Waals surface area contributed by atoms with E-state index in [1.807, 2.05) is 12.1 Å². The van der Waals surface area contributed by atoms with Crippen LogP contribution in [0.3, 0.4) is 0 Å². The van der Waals surface area contributed by atoms with Crippen LogP contribution in [-0.2, 0) is 17.7 Å². The van der Waals surface area contributed by atoms with E-state index < -0.39 is 6.36 Å². The molecule has 0 unspecified atom stereocenters. The van der Waals surface area contributed by atoms with Gasteiger partial charge in [0, 0.05) is 6.54 Å². The number of benzene rings is 2. The van der Waals surface area contributed by atoms with Gasteiger partial charge in [-0.3, -0.25) is 0 Å². The predicted molar refractivity (Wildman–Crippen MR) is 113 cm³/mol. The van der Waals surface area contributed by atoms with Gasteiger partial charge in [-0.2, -0.15) is 0 Å². The number of hydrogen-bond donors (Lipinski definition) is 2. The summed E-state index contributed by atoms with van der Waals surface area (Å²) in [6.45, 7) is 0.754. The molecule has 158 valence electrons. The number of esters is 1. The maximum atomic E-state index is 12.1. The molecule has 2 aromatic rings. The minimum Gasteiger partial charge on any atom is -0.465 e. The Hall–Kier alpha value is -2.50. The zero-order valence-electron chi connectivity index (χ0n) is 15.5. The van der Waals surface area contributed by atoms with Gasteiger partial charge in [0.15, 0.2) is 5.96 Å². The minimum atomic E-state index is -4.71. The summed E-state index contributed by atoms with van der Waals surface area (Å²) in [5.74, 6) is -0.453. The van der Waals surface area contributed by atoms with Crippen molar-refractivity contribution in [3.8, 4) is 5.75 Å². The number of rotatable bonds is 7. The van der Waals surface area contributed by atoms with E-state index in [1.165, 1.54) is 31.4 Å². The first-order valence-corrected chi connectivity index (χ1v) is 8.32. The summed E-state index contributed by atoms with van der Waals surface area (Å²) in [7, 11) is 1.33. The molecule has 2 aromatic carbocycles. The van der Waals surface area contributed by atoms with Gasteiger partial charge in [-0.15, -0.1) is 37.1 Å². The lowest BCUT2D eigenvalue weighted by Gasteiger charge is -2.09. The summed E-state index contributed by atoms with van der Waals surface area (Å²) in [5.41, 5.74) is 7.96. The molecule has 0 amide bonds. The van der Waals surface area contributed by atoms with Gasteiger partial charge in [-0.25, -0.2) is 9.79 Å². The molecule has 0 radical (unpaired) electrons. The quantitative estimate of drug-likeness (QED) is 0.251. The third kappa shape index (κ3) is 9.03. The van der Waals surface area contributed by atoms with Crippen molar-refractivity contribution in [2.45, 2.75) is 19.3 Å². The van der Waals surface area contributed by atoms with Gasteiger partial charge in [-0.1, -0.05) is 24.3 Å². The number of hydrogen-bond acceptors (Lipinski definition) is 4. The molecule has 0 aliphatic heterocycles. The fourth-order valence-corrected chi connectivity index (χ4v) is 2.29. The van der Waals surface area contributed by atoms with Crippen molar-refractivity contribution < 1.29 is 27.4 Å². The Bertz CT molecular complexity index is 810. The number of aliphatic imine (C=N–C) groups is 1. The van der Waals surface area contributed by atoms with Crippen molar-refractivity contribution in [3.05, 3.63) is 65.2 Å². The van der Waals surface area contributed by atoms with E-state index in [9.17, 15) is 18.0 Å². The SMILES string of the molecule is COC(=O)c1ccc(CCNC(N)=NCc2ccc(OC(F)(F)F)cc2)cc1.I. The number of nitrogens with one attached hydrogen (secondary N) is 1. The molecule has 10 heteroatoms. The van der Waals surface area contributed by atoms with Gasteiger partial charge >= 0.3 is 12.3 Å². The van der Waals surface area contributed by atoms with Gasteiger partial charge in [0.1, 0.15) is 5.75 Å². The van der Waals surface area contributed by atoms with E-state index in [-0.39, 0.29) is 48.2 Å². The number of nitrogens with zero attached hydrogens (tertiary/aromatic N) is 1. The van der Waals surface area contributed by atoms with E-state index in [1.54, 1.807) is 12.1 Å². The summed E-state index contributed by atoms with van der Waals surface area (Å²) in [6, 6.07) is 12.4. The highest BCUT2D eigenvalue weighted by atomic mass is 127.